The van der Waals surface area contributed by atoms with Crippen molar-refractivity contribution in [2.75, 3.05) is 0 Å². The van der Waals surface area contributed by atoms with Crippen molar-refractivity contribution in [3.63, 3.8) is 0 Å². The highest BCUT2D eigenvalue weighted by Gasteiger charge is 2.10. The highest BCUT2D eigenvalue weighted by Crippen LogP contribution is 2.07. The van der Waals surface area contributed by atoms with Gasteiger partial charge in [-0.15, -0.1) is 0 Å². The first-order chi connectivity index (χ1) is 8.58. The molecular formula is C12H4N2O4. The van der Waals surface area contributed by atoms with Crippen LogP contribution in [0.2, 0.25) is 0 Å². The summed E-state index contributed by atoms with van der Waals surface area (Å²) in [6.45, 7) is 0. The molecule has 3 rings (SSSR count). The van der Waals surface area contributed by atoms with E-state index in [1.54, 1.807) is 0 Å². The lowest BCUT2D eigenvalue weighted by Gasteiger charge is -1.97. The lowest BCUT2D eigenvalue weighted by atomic mass is 10.2. The molecule has 6 nitrogen and oxygen atoms in total. The van der Waals surface area contributed by atoms with Crippen LogP contribution in [0.3, 0.4) is 0 Å². The lowest BCUT2D eigenvalue weighted by molar-refractivity contribution is 1.33. The average molecular weight is 240 g/mol. The molecular weight excluding hydrogens is 236 g/mol. The molecule has 3 aromatic rings. The van der Waals surface area contributed by atoms with Gasteiger partial charge in [0.05, 0.1) is 11.0 Å². The third-order valence-electron chi connectivity index (χ3n) is 2.61. The number of rotatable bonds is 0. The van der Waals surface area contributed by atoms with Gasteiger partial charge in [-0.1, -0.05) is 0 Å². The maximum Gasteiger partial charge on any atom is 0.253 e. The third kappa shape index (κ3) is 1.29. The Morgan fingerprint density at radius 1 is 0.611 bits per heavy atom. The van der Waals surface area contributed by atoms with Crippen molar-refractivity contribution in [1.82, 2.24) is 9.97 Å². The SMILES string of the molecule is O=c1ccc2nc3c(=O)c(=O)ccc3nc2c1=O. The fourth-order valence-corrected chi connectivity index (χ4v) is 1.72. The Morgan fingerprint density at radius 2 is 1.00 bits per heavy atom. The standard InChI is InChI=1S/C12H4N2O4/c15-7-3-1-5-9(11(7)17)14-6-2-4-8(16)12(18)10(6)13-5/h1-4H. The van der Waals surface area contributed by atoms with E-state index in [1.807, 2.05) is 0 Å². The van der Waals surface area contributed by atoms with E-state index < -0.39 is 21.7 Å². The molecule has 0 radical (unpaired) electrons. The average Bonchev–Trinajstić information content (AvgIpc) is 2.38. The van der Waals surface area contributed by atoms with Crippen LogP contribution in [0.1, 0.15) is 0 Å². The molecule has 0 N–H and O–H groups in total. The molecule has 0 aliphatic rings. The van der Waals surface area contributed by atoms with Crippen LogP contribution < -0.4 is 21.7 Å². The van der Waals surface area contributed by atoms with Crippen molar-refractivity contribution in [3.8, 4) is 0 Å². The summed E-state index contributed by atoms with van der Waals surface area (Å²) in [4.78, 5) is 53.4. The van der Waals surface area contributed by atoms with Crippen molar-refractivity contribution in [2.24, 2.45) is 0 Å². The molecule has 2 aromatic carbocycles. The first-order valence-electron chi connectivity index (χ1n) is 5.03. The van der Waals surface area contributed by atoms with Crippen molar-refractivity contribution >= 4 is 22.1 Å². The first kappa shape index (κ1) is 10.4. The summed E-state index contributed by atoms with van der Waals surface area (Å²) in [6, 6.07) is 4.75. The van der Waals surface area contributed by atoms with Crippen molar-refractivity contribution in [1.29, 1.82) is 0 Å². The first-order valence-corrected chi connectivity index (χ1v) is 5.03. The highest BCUT2D eigenvalue weighted by atomic mass is 16.2. The molecule has 0 atom stereocenters. The van der Waals surface area contributed by atoms with Gasteiger partial charge in [-0.2, -0.15) is 0 Å². The summed E-state index contributed by atoms with van der Waals surface area (Å²) in [6.07, 6.45) is 0. The lowest BCUT2D eigenvalue weighted by Crippen LogP contribution is -2.26. The van der Waals surface area contributed by atoms with Crippen LogP contribution in [-0.2, 0) is 0 Å². The van der Waals surface area contributed by atoms with Gasteiger partial charge < -0.3 is 0 Å². The van der Waals surface area contributed by atoms with E-state index in [0.717, 1.165) is 12.1 Å². The maximum atomic E-state index is 11.6. The van der Waals surface area contributed by atoms with E-state index in [2.05, 4.69) is 9.97 Å². The van der Waals surface area contributed by atoms with Crippen LogP contribution in [0, 0.1) is 0 Å². The van der Waals surface area contributed by atoms with Crippen molar-refractivity contribution < 1.29 is 0 Å². The predicted molar refractivity (Wildman–Crippen MR) is 64.5 cm³/mol. The molecule has 0 saturated heterocycles. The maximum absolute atomic E-state index is 11.6. The van der Waals surface area contributed by atoms with E-state index >= 15 is 0 Å². The molecule has 0 aliphatic carbocycles. The van der Waals surface area contributed by atoms with E-state index in [1.165, 1.54) is 12.1 Å². The summed E-state index contributed by atoms with van der Waals surface area (Å²) < 4.78 is 0. The summed E-state index contributed by atoms with van der Waals surface area (Å²) >= 11 is 0. The summed E-state index contributed by atoms with van der Waals surface area (Å²) in [5.74, 6) is 0. The smallest absolute Gasteiger partial charge is 0.253 e. The molecule has 1 aromatic heterocycles. The monoisotopic (exact) mass is 240 g/mol. The van der Waals surface area contributed by atoms with E-state index in [-0.39, 0.29) is 22.1 Å². The Hall–Kier alpha value is -2.76. The van der Waals surface area contributed by atoms with Crippen molar-refractivity contribution in [3.05, 3.63) is 65.2 Å². The quantitative estimate of drug-likeness (QED) is 0.373. The van der Waals surface area contributed by atoms with E-state index in [0.29, 0.717) is 0 Å². The predicted octanol–water partition coefficient (Wildman–Crippen LogP) is -0.901. The number of aromatic nitrogens is 2. The molecule has 0 fully saturated rings. The normalized spacial score (nSPS) is 11.1. The summed E-state index contributed by atoms with van der Waals surface area (Å²) in [5.41, 5.74) is -2.80. The second kappa shape index (κ2) is 3.36. The number of hydrogen-bond acceptors (Lipinski definition) is 6. The fourth-order valence-electron chi connectivity index (χ4n) is 1.72. The molecule has 0 saturated carbocycles. The van der Waals surface area contributed by atoms with Gasteiger partial charge in [0.1, 0.15) is 11.0 Å². The second-order valence-corrected chi connectivity index (χ2v) is 3.74. The number of fused-ring (bicyclic) bond motifs is 2. The Labute approximate surface area is 97.9 Å². The van der Waals surface area contributed by atoms with Gasteiger partial charge in [0.2, 0.25) is 10.9 Å². The molecule has 6 heteroatoms. The highest BCUT2D eigenvalue weighted by molar-refractivity contribution is 5.85. The van der Waals surface area contributed by atoms with Crippen LogP contribution in [-0.4, -0.2) is 9.97 Å². The molecule has 0 bridgehead atoms. The largest absolute Gasteiger partial charge is 0.285 e. The number of hydrogen-bond donors (Lipinski definition) is 0. The Balaban J connectivity index is 2.68. The zero-order valence-electron chi connectivity index (χ0n) is 8.84. The molecule has 1 heterocycles. The minimum atomic E-state index is -0.763. The number of nitrogens with zero attached hydrogens (tertiary/aromatic N) is 2. The van der Waals surface area contributed by atoms with E-state index in [4.69, 9.17) is 0 Å². The molecule has 86 valence electrons. The summed E-state index contributed by atoms with van der Waals surface area (Å²) in [5, 5.41) is 0. The van der Waals surface area contributed by atoms with E-state index in [9.17, 15) is 19.2 Å². The molecule has 0 spiro atoms. The Morgan fingerprint density at radius 3 is 1.39 bits per heavy atom. The Bertz CT molecular complexity index is 917. The molecule has 0 amide bonds. The van der Waals surface area contributed by atoms with Crippen molar-refractivity contribution in [2.45, 2.75) is 0 Å². The Kier molecular flexibility index (Phi) is 1.94. The van der Waals surface area contributed by atoms with Gasteiger partial charge in [-0.3, -0.25) is 19.2 Å². The second-order valence-electron chi connectivity index (χ2n) is 3.74. The molecule has 0 aliphatic heterocycles. The van der Waals surface area contributed by atoms with Crippen LogP contribution in [0.15, 0.2) is 43.4 Å². The molecule has 18 heavy (non-hydrogen) atoms. The van der Waals surface area contributed by atoms with Crippen LogP contribution in [0.5, 0.6) is 0 Å². The van der Waals surface area contributed by atoms with Gasteiger partial charge >= 0.3 is 0 Å². The van der Waals surface area contributed by atoms with Gasteiger partial charge in [0.15, 0.2) is 0 Å². The molecule has 0 unspecified atom stereocenters. The minimum Gasteiger partial charge on any atom is -0.285 e. The minimum absolute atomic E-state index is 0.0898. The zero-order valence-corrected chi connectivity index (χ0v) is 8.84. The van der Waals surface area contributed by atoms with Crippen LogP contribution in [0.4, 0.5) is 0 Å². The topological polar surface area (TPSA) is 94.1 Å². The van der Waals surface area contributed by atoms with Gasteiger partial charge in [-0.25, -0.2) is 9.97 Å². The van der Waals surface area contributed by atoms with Crippen LogP contribution in [0.25, 0.3) is 22.1 Å². The fraction of sp³-hybridized carbons (Fsp3) is 0. The van der Waals surface area contributed by atoms with Gasteiger partial charge in [-0.05, 0) is 24.3 Å². The zero-order chi connectivity index (χ0) is 12.9. The number of benzene rings is 2. The van der Waals surface area contributed by atoms with Gasteiger partial charge in [0.25, 0.3) is 10.9 Å². The van der Waals surface area contributed by atoms with Gasteiger partial charge in [0, 0.05) is 0 Å². The van der Waals surface area contributed by atoms with Crippen LogP contribution >= 0.6 is 0 Å². The third-order valence-corrected chi connectivity index (χ3v) is 2.61. The summed E-state index contributed by atoms with van der Waals surface area (Å²) in [7, 11) is 0.